The van der Waals surface area contributed by atoms with Crippen LogP contribution in [-0.2, 0) is 11.3 Å². The average molecular weight is 483 g/mol. The number of amides is 1. The SMILES string of the molecule is CC(c1ccc(C#N)cc1)n1cncc1CN1CCN(c2ccccc2)C(C(=O)N2CCCCC2)C1. The molecule has 2 aliphatic rings. The molecule has 2 saturated heterocycles. The molecule has 186 valence electrons. The molecule has 1 aromatic heterocycles. The molecule has 2 unspecified atom stereocenters. The molecule has 0 spiro atoms. The second-order valence-corrected chi connectivity index (χ2v) is 9.87. The van der Waals surface area contributed by atoms with Crippen LogP contribution in [0.25, 0.3) is 0 Å². The van der Waals surface area contributed by atoms with E-state index in [1.165, 1.54) is 6.42 Å². The van der Waals surface area contributed by atoms with E-state index in [-0.39, 0.29) is 18.0 Å². The third-order valence-corrected chi connectivity index (χ3v) is 7.58. The van der Waals surface area contributed by atoms with Gasteiger partial charge in [-0.1, -0.05) is 30.3 Å². The van der Waals surface area contributed by atoms with Gasteiger partial charge in [-0.15, -0.1) is 0 Å². The van der Waals surface area contributed by atoms with Crippen LogP contribution in [0.5, 0.6) is 0 Å². The van der Waals surface area contributed by atoms with Gasteiger partial charge in [-0.25, -0.2) is 4.98 Å². The van der Waals surface area contributed by atoms with Gasteiger partial charge in [-0.3, -0.25) is 9.69 Å². The van der Waals surface area contributed by atoms with Crippen molar-refractivity contribution in [1.29, 1.82) is 5.26 Å². The summed E-state index contributed by atoms with van der Waals surface area (Å²) in [7, 11) is 0. The van der Waals surface area contributed by atoms with Crippen LogP contribution in [0.15, 0.2) is 67.1 Å². The van der Waals surface area contributed by atoms with Crippen LogP contribution in [0.4, 0.5) is 5.69 Å². The standard InChI is InChI=1S/C29H34N6O/c1-23(25-12-10-24(18-30)11-13-25)35-22-31-19-27(35)20-32-16-17-34(26-8-4-2-5-9-26)28(21-32)29(36)33-14-6-3-7-15-33/h2,4-5,8-13,19,22-23,28H,3,6-7,14-17,20-21H2,1H3. The van der Waals surface area contributed by atoms with Crippen molar-refractivity contribution in [2.75, 3.05) is 37.6 Å². The van der Waals surface area contributed by atoms with Crippen molar-refractivity contribution in [2.24, 2.45) is 0 Å². The van der Waals surface area contributed by atoms with Crippen molar-refractivity contribution in [3.63, 3.8) is 0 Å². The van der Waals surface area contributed by atoms with Crippen LogP contribution < -0.4 is 4.90 Å². The Kier molecular flexibility index (Phi) is 7.33. The molecule has 0 N–H and O–H groups in total. The summed E-state index contributed by atoms with van der Waals surface area (Å²) in [6.07, 6.45) is 7.23. The number of anilines is 1. The van der Waals surface area contributed by atoms with Crippen LogP contribution in [0.2, 0.25) is 0 Å². The highest BCUT2D eigenvalue weighted by molar-refractivity contribution is 5.86. The van der Waals surface area contributed by atoms with Crippen molar-refractivity contribution in [3.8, 4) is 6.07 Å². The minimum atomic E-state index is -0.188. The number of hydrogen-bond donors (Lipinski definition) is 0. The number of imidazole rings is 1. The van der Waals surface area contributed by atoms with Crippen molar-refractivity contribution >= 4 is 11.6 Å². The number of nitrogens with zero attached hydrogens (tertiary/aromatic N) is 6. The Labute approximate surface area is 213 Å². The molecule has 1 amide bonds. The normalized spacial score (nSPS) is 19.6. The number of hydrogen-bond acceptors (Lipinski definition) is 5. The van der Waals surface area contributed by atoms with Crippen LogP contribution in [-0.4, -0.2) is 64.0 Å². The fraction of sp³-hybridized carbons (Fsp3) is 0.414. The molecule has 2 aliphatic heterocycles. The molecule has 3 aromatic rings. The molecular weight excluding hydrogens is 448 g/mol. The number of aromatic nitrogens is 2. The van der Waals surface area contributed by atoms with E-state index < -0.39 is 0 Å². The summed E-state index contributed by atoms with van der Waals surface area (Å²) >= 11 is 0. The number of carbonyl (C=O) groups is 1. The van der Waals surface area contributed by atoms with Gasteiger partial charge in [-0.05, 0) is 56.0 Å². The second-order valence-electron chi connectivity index (χ2n) is 9.87. The minimum Gasteiger partial charge on any atom is -0.357 e. The molecule has 0 radical (unpaired) electrons. The Morgan fingerprint density at radius 3 is 2.50 bits per heavy atom. The third kappa shape index (κ3) is 5.14. The molecule has 2 aromatic carbocycles. The third-order valence-electron chi connectivity index (χ3n) is 7.58. The Morgan fingerprint density at radius 2 is 1.78 bits per heavy atom. The lowest BCUT2D eigenvalue weighted by Gasteiger charge is -2.44. The maximum atomic E-state index is 13.7. The van der Waals surface area contributed by atoms with Crippen LogP contribution in [0, 0.1) is 11.3 Å². The van der Waals surface area contributed by atoms with E-state index in [0.29, 0.717) is 12.1 Å². The summed E-state index contributed by atoms with van der Waals surface area (Å²) < 4.78 is 2.20. The van der Waals surface area contributed by atoms with Gasteiger partial charge in [0, 0.05) is 51.2 Å². The highest BCUT2D eigenvalue weighted by Crippen LogP contribution is 2.25. The van der Waals surface area contributed by atoms with Crippen molar-refractivity contribution in [1.82, 2.24) is 19.4 Å². The highest BCUT2D eigenvalue weighted by atomic mass is 16.2. The van der Waals surface area contributed by atoms with E-state index in [2.05, 4.69) is 49.4 Å². The molecule has 2 fully saturated rings. The lowest BCUT2D eigenvalue weighted by molar-refractivity contribution is -0.134. The lowest BCUT2D eigenvalue weighted by Crippen LogP contribution is -2.60. The summed E-state index contributed by atoms with van der Waals surface area (Å²) in [4.78, 5) is 24.9. The van der Waals surface area contributed by atoms with E-state index in [4.69, 9.17) is 5.26 Å². The maximum Gasteiger partial charge on any atom is 0.246 e. The smallest absolute Gasteiger partial charge is 0.246 e. The summed E-state index contributed by atoms with van der Waals surface area (Å²) in [5.41, 5.74) is 4.05. The molecule has 7 nitrogen and oxygen atoms in total. The summed E-state index contributed by atoms with van der Waals surface area (Å²) in [5, 5.41) is 9.11. The number of piperidine rings is 1. The van der Waals surface area contributed by atoms with Gasteiger partial charge in [0.2, 0.25) is 5.91 Å². The van der Waals surface area contributed by atoms with Crippen molar-refractivity contribution < 1.29 is 4.79 Å². The van der Waals surface area contributed by atoms with Crippen LogP contribution >= 0.6 is 0 Å². The molecule has 7 heteroatoms. The van der Waals surface area contributed by atoms with E-state index in [1.807, 2.05) is 55.0 Å². The van der Waals surface area contributed by atoms with Crippen molar-refractivity contribution in [2.45, 2.75) is 44.8 Å². The Morgan fingerprint density at radius 1 is 1.03 bits per heavy atom. The number of benzene rings is 2. The maximum absolute atomic E-state index is 13.7. The monoisotopic (exact) mass is 482 g/mol. The van der Waals surface area contributed by atoms with Gasteiger partial charge in [0.15, 0.2) is 0 Å². The molecular formula is C29H34N6O. The molecule has 3 heterocycles. The predicted molar refractivity (Wildman–Crippen MR) is 140 cm³/mol. The van der Waals surface area contributed by atoms with Gasteiger partial charge in [0.25, 0.3) is 0 Å². The zero-order valence-electron chi connectivity index (χ0n) is 21.0. The van der Waals surface area contributed by atoms with Gasteiger partial charge in [0.1, 0.15) is 6.04 Å². The van der Waals surface area contributed by atoms with E-state index >= 15 is 0 Å². The lowest BCUT2D eigenvalue weighted by atomic mass is 10.0. The van der Waals surface area contributed by atoms with Crippen molar-refractivity contribution in [3.05, 3.63) is 83.9 Å². The topological polar surface area (TPSA) is 68.4 Å². The van der Waals surface area contributed by atoms with E-state index in [9.17, 15) is 4.79 Å². The zero-order chi connectivity index (χ0) is 24.9. The molecule has 0 aliphatic carbocycles. The van der Waals surface area contributed by atoms with E-state index in [0.717, 1.165) is 62.5 Å². The van der Waals surface area contributed by atoms with Gasteiger partial charge >= 0.3 is 0 Å². The zero-order valence-corrected chi connectivity index (χ0v) is 21.0. The van der Waals surface area contributed by atoms with Gasteiger partial charge in [-0.2, -0.15) is 5.26 Å². The number of nitriles is 1. The Balaban J connectivity index is 1.34. The highest BCUT2D eigenvalue weighted by Gasteiger charge is 2.35. The molecule has 2 atom stereocenters. The Bertz CT molecular complexity index is 1190. The average Bonchev–Trinajstić information content (AvgIpc) is 3.41. The van der Waals surface area contributed by atoms with E-state index in [1.54, 1.807) is 0 Å². The molecule has 36 heavy (non-hydrogen) atoms. The minimum absolute atomic E-state index is 0.103. The van der Waals surface area contributed by atoms with Crippen LogP contribution in [0.3, 0.4) is 0 Å². The summed E-state index contributed by atoms with van der Waals surface area (Å²) in [6.45, 7) is 7.03. The first-order chi connectivity index (χ1) is 17.6. The van der Waals surface area contributed by atoms with Gasteiger partial charge in [0.05, 0.1) is 29.7 Å². The molecule has 0 bridgehead atoms. The molecule has 5 rings (SSSR count). The number of likely N-dealkylation sites (tertiary alicyclic amines) is 1. The summed E-state index contributed by atoms with van der Waals surface area (Å²) in [6, 6.07) is 20.2. The fourth-order valence-electron chi connectivity index (χ4n) is 5.48. The fourth-order valence-corrected chi connectivity index (χ4v) is 5.48. The first kappa shape index (κ1) is 24.1. The number of carbonyl (C=O) groups excluding carboxylic acids is 1. The number of rotatable bonds is 6. The first-order valence-corrected chi connectivity index (χ1v) is 13.0. The number of para-hydroxylation sites is 1. The second kappa shape index (κ2) is 11.0. The summed E-state index contributed by atoms with van der Waals surface area (Å²) in [5.74, 6) is 0.253. The Hall–Kier alpha value is -3.63. The molecule has 0 saturated carbocycles. The predicted octanol–water partition coefficient (Wildman–Crippen LogP) is 4.07. The first-order valence-electron chi connectivity index (χ1n) is 13.0. The van der Waals surface area contributed by atoms with Gasteiger partial charge < -0.3 is 14.4 Å². The number of piperazine rings is 1. The largest absolute Gasteiger partial charge is 0.357 e. The quantitative estimate of drug-likeness (QED) is 0.530. The van der Waals surface area contributed by atoms with Crippen LogP contribution in [0.1, 0.15) is 49.0 Å².